The number of aliphatic hydroxyl groups excluding tert-OH is 1. The molecule has 5 heteroatoms. The Morgan fingerprint density at radius 2 is 2.54 bits per heavy atom. The van der Waals surface area contributed by atoms with E-state index in [0.717, 1.165) is 11.3 Å². The minimum atomic E-state index is -0.455. The molecule has 13 heavy (non-hydrogen) atoms. The van der Waals surface area contributed by atoms with Gasteiger partial charge in [0.1, 0.15) is 0 Å². The van der Waals surface area contributed by atoms with Gasteiger partial charge in [0, 0.05) is 39.6 Å². The van der Waals surface area contributed by atoms with E-state index in [1.54, 1.807) is 6.20 Å². The number of halogens is 1. The van der Waals surface area contributed by atoms with Crippen molar-refractivity contribution in [2.45, 2.75) is 13.0 Å². The molecule has 3 nitrogen and oxygen atoms in total. The van der Waals surface area contributed by atoms with Crippen molar-refractivity contribution in [2.75, 3.05) is 6.54 Å². The van der Waals surface area contributed by atoms with Gasteiger partial charge in [-0.3, -0.25) is 9.71 Å². The smallest absolute Gasteiger partial charge is 0.0925 e. The fraction of sp³-hybridized carbons (Fsp3) is 0.375. The summed E-state index contributed by atoms with van der Waals surface area (Å²) in [7, 11) is 1.47. The molecule has 1 atom stereocenters. The summed E-state index contributed by atoms with van der Waals surface area (Å²) in [6, 6.07) is 3.72. The SMILES string of the molecule is Cc1cc(C(O)CNSI)ccn1. The Hall–Kier alpha value is 0.150. The molecule has 0 bridgehead atoms. The summed E-state index contributed by atoms with van der Waals surface area (Å²) in [5.74, 6) is 0. The lowest BCUT2D eigenvalue weighted by molar-refractivity contribution is 0.183. The van der Waals surface area contributed by atoms with Crippen LogP contribution in [0.1, 0.15) is 17.4 Å². The number of pyridine rings is 1. The molecule has 0 fully saturated rings. The number of nitrogens with one attached hydrogen (secondary N) is 1. The molecule has 0 aliphatic rings. The van der Waals surface area contributed by atoms with Gasteiger partial charge in [0.15, 0.2) is 0 Å². The quantitative estimate of drug-likeness (QED) is 0.660. The van der Waals surface area contributed by atoms with Crippen molar-refractivity contribution in [1.29, 1.82) is 0 Å². The van der Waals surface area contributed by atoms with Crippen LogP contribution in [0.4, 0.5) is 0 Å². The van der Waals surface area contributed by atoms with Crippen LogP contribution in [0.3, 0.4) is 0 Å². The number of aliphatic hydroxyl groups is 1. The summed E-state index contributed by atoms with van der Waals surface area (Å²) in [4.78, 5) is 4.06. The van der Waals surface area contributed by atoms with Gasteiger partial charge in [-0.05, 0) is 33.7 Å². The summed E-state index contributed by atoms with van der Waals surface area (Å²) in [5.41, 5.74) is 1.84. The highest BCUT2D eigenvalue weighted by atomic mass is 127. The van der Waals surface area contributed by atoms with Crippen molar-refractivity contribution in [3.63, 3.8) is 0 Å². The second kappa shape index (κ2) is 5.79. The van der Waals surface area contributed by atoms with Crippen molar-refractivity contribution < 1.29 is 5.11 Å². The molecule has 0 aromatic carbocycles. The molecule has 0 aliphatic heterocycles. The van der Waals surface area contributed by atoms with Gasteiger partial charge in [0.2, 0.25) is 0 Å². The summed E-state index contributed by atoms with van der Waals surface area (Å²) < 4.78 is 3.00. The molecule has 72 valence electrons. The van der Waals surface area contributed by atoms with Gasteiger partial charge in [0.25, 0.3) is 0 Å². The van der Waals surface area contributed by atoms with E-state index in [4.69, 9.17) is 0 Å². The summed E-state index contributed by atoms with van der Waals surface area (Å²) in [6.45, 7) is 2.47. The van der Waals surface area contributed by atoms with Gasteiger partial charge < -0.3 is 5.11 Å². The fourth-order valence-corrected chi connectivity index (χ4v) is 1.76. The molecule has 0 aliphatic carbocycles. The third kappa shape index (κ3) is 3.80. The number of aromatic nitrogens is 1. The third-order valence-electron chi connectivity index (χ3n) is 1.64. The van der Waals surface area contributed by atoms with Crippen molar-refractivity contribution >= 4 is 30.3 Å². The Morgan fingerprint density at radius 1 is 1.77 bits per heavy atom. The minimum Gasteiger partial charge on any atom is -0.387 e. The van der Waals surface area contributed by atoms with Gasteiger partial charge in [0.05, 0.1) is 6.10 Å². The molecule has 0 radical (unpaired) electrons. The van der Waals surface area contributed by atoms with E-state index in [9.17, 15) is 5.11 Å². The van der Waals surface area contributed by atoms with E-state index in [1.807, 2.05) is 19.1 Å². The van der Waals surface area contributed by atoms with Crippen LogP contribution in [0.15, 0.2) is 18.3 Å². The van der Waals surface area contributed by atoms with Crippen molar-refractivity contribution in [3.05, 3.63) is 29.6 Å². The van der Waals surface area contributed by atoms with Crippen LogP contribution in [0.25, 0.3) is 0 Å². The Balaban J connectivity index is 2.60. The van der Waals surface area contributed by atoms with Crippen LogP contribution in [0, 0.1) is 6.92 Å². The lowest BCUT2D eigenvalue weighted by Gasteiger charge is -2.10. The molecule has 1 aromatic heterocycles. The van der Waals surface area contributed by atoms with Crippen LogP contribution in [0.5, 0.6) is 0 Å². The van der Waals surface area contributed by atoms with E-state index in [-0.39, 0.29) is 0 Å². The average molecular weight is 310 g/mol. The van der Waals surface area contributed by atoms with Gasteiger partial charge in [-0.2, -0.15) is 0 Å². The van der Waals surface area contributed by atoms with Gasteiger partial charge in [-0.25, -0.2) is 0 Å². The zero-order chi connectivity index (χ0) is 9.68. The summed E-state index contributed by atoms with van der Waals surface area (Å²) in [5, 5.41) is 9.67. The first kappa shape index (κ1) is 11.2. The average Bonchev–Trinajstić information content (AvgIpc) is 2.14. The Kier molecular flexibility index (Phi) is 5.00. The van der Waals surface area contributed by atoms with Crippen LogP contribution in [-0.4, -0.2) is 16.6 Å². The maximum atomic E-state index is 9.67. The molecular weight excluding hydrogens is 299 g/mol. The number of nitrogens with zero attached hydrogens (tertiary/aromatic N) is 1. The van der Waals surface area contributed by atoms with Crippen molar-refractivity contribution in [1.82, 2.24) is 9.71 Å². The highest BCUT2D eigenvalue weighted by Crippen LogP contribution is 2.14. The van der Waals surface area contributed by atoms with Crippen molar-refractivity contribution in [3.8, 4) is 0 Å². The summed E-state index contributed by atoms with van der Waals surface area (Å²) in [6.07, 6.45) is 1.26. The monoisotopic (exact) mass is 310 g/mol. The maximum Gasteiger partial charge on any atom is 0.0925 e. The first-order valence-electron chi connectivity index (χ1n) is 3.85. The molecule has 1 rings (SSSR count). The van der Waals surface area contributed by atoms with E-state index >= 15 is 0 Å². The zero-order valence-corrected chi connectivity index (χ0v) is 10.2. The minimum absolute atomic E-state index is 0.455. The first-order valence-corrected chi connectivity index (χ1v) is 7.21. The van der Waals surface area contributed by atoms with Gasteiger partial charge in [-0.15, -0.1) is 0 Å². The highest BCUT2D eigenvalue weighted by Gasteiger charge is 2.06. The molecule has 2 N–H and O–H groups in total. The molecule has 1 aromatic rings. The Morgan fingerprint density at radius 3 is 3.15 bits per heavy atom. The van der Waals surface area contributed by atoms with Crippen LogP contribution in [-0.2, 0) is 0 Å². The summed E-state index contributed by atoms with van der Waals surface area (Å²) >= 11 is 2.13. The highest BCUT2D eigenvalue weighted by molar-refractivity contribution is 14.2. The van der Waals surface area contributed by atoms with E-state index < -0.39 is 6.10 Å². The lowest BCUT2D eigenvalue weighted by atomic mass is 10.1. The molecule has 1 heterocycles. The normalized spacial score (nSPS) is 12.8. The predicted octanol–water partition coefficient (Wildman–Crippen LogP) is 2.01. The molecule has 0 spiro atoms. The predicted molar refractivity (Wildman–Crippen MR) is 63.5 cm³/mol. The van der Waals surface area contributed by atoms with E-state index in [1.165, 1.54) is 9.12 Å². The standard InChI is InChI=1S/C8H11IN2OS/c1-6-4-7(2-3-10-6)8(12)5-11-13-9/h2-4,8,11-12H,5H2,1H3. The zero-order valence-electron chi connectivity index (χ0n) is 7.20. The fourth-order valence-electron chi connectivity index (χ4n) is 1.00. The molecule has 0 saturated carbocycles. The van der Waals surface area contributed by atoms with Gasteiger partial charge >= 0.3 is 0 Å². The Labute approximate surface area is 94.1 Å². The molecule has 0 saturated heterocycles. The largest absolute Gasteiger partial charge is 0.387 e. The first-order chi connectivity index (χ1) is 6.24. The van der Waals surface area contributed by atoms with E-state index in [0.29, 0.717) is 6.54 Å². The second-order valence-electron chi connectivity index (χ2n) is 2.67. The number of hydrogen-bond acceptors (Lipinski definition) is 4. The Bertz CT molecular complexity index is 272. The van der Waals surface area contributed by atoms with Crippen LogP contribution in [0.2, 0.25) is 0 Å². The van der Waals surface area contributed by atoms with Crippen LogP contribution >= 0.6 is 30.3 Å². The maximum absolute atomic E-state index is 9.67. The second-order valence-corrected chi connectivity index (χ2v) is 4.44. The van der Waals surface area contributed by atoms with Gasteiger partial charge in [-0.1, -0.05) is 0 Å². The lowest BCUT2D eigenvalue weighted by Crippen LogP contribution is -2.13. The third-order valence-corrected chi connectivity index (χ3v) is 2.85. The number of rotatable bonds is 4. The van der Waals surface area contributed by atoms with E-state index in [2.05, 4.69) is 30.9 Å². The number of aryl methyl sites for hydroxylation is 1. The topological polar surface area (TPSA) is 45.1 Å². The van der Waals surface area contributed by atoms with Crippen LogP contribution < -0.4 is 4.72 Å². The molecule has 1 unspecified atom stereocenters. The molecule has 0 amide bonds. The van der Waals surface area contributed by atoms with Crippen molar-refractivity contribution in [2.24, 2.45) is 0 Å². The number of hydrogen-bond donors (Lipinski definition) is 2. The molecular formula is C8H11IN2OS.